The molecule has 7 heteroatoms. The third kappa shape index (κ3) is 3.98. The normalized spacial score (nSPS) is 14.2. The molecule has 0 saturated carbocycles. The molecule has 1 atom stereocenters. The third-order valence-corrected chi connectivity index (χ3v) is 4.43. The van der Waals surface area contributed by atoms with E-state index in [1.807, 2.05) is 27.7 Å². The zero-order chi connectivity index (χ0) is 15.0. The lowest BCUT2D eigenvalue weighted by Gasteiger charge is -2.27. The number of furan rings is 1. The van der Waals surface area contributed by atoms with Crippen LogP contribution >= 0.6 is 10.7 Å². The van der Waals surface area contributed by atoms with Crippen molar-refractivity contribution in [1.29, 1.82) is 0 Å². The van der Waals surface area contributed by atoms with Crippen LogP contribution < -0.4 is 5.32 Å². The Balaban J connectivity index is 2.97. The Morgan fingerprint density at radius 1 is 1.42 bits per heavy atom. The molecule has 0 aromatic carbocycles. The van der Waals surface area contributed by atoms with Crippen LogP contribution in [0.1, 0.15) is 44.0 Å². The lowest BCUT2D eigenvalue weighted by atomic mass is 9.88. The minimum absolute atomic E-state index is 0.0622. The van der Waals surface area contributed by atoms with Crippen molar-refractivity contribution >= 4 is 25.6 Å². The van der Waals surface area contributed by atoms with Gasteiger partial charge in [0, 0.05) is 22.8 Å². The van der Waals surface area contributed by atoms with Crippen LogP contribution in [0.5, 0.6) is 0 Å². The molecule has 0 fully saturated rings. The number of aryl methyl sites for hydroxylation is 1. The first-order valence-corrected chi connectivity index (χ1v) is 8.10. The molecule has 1 rings (SSSR count). The summed E-state index contributed by atoms with van der Waals surface area (Å²) in [6, 6.07) is 1.05. The fraction of sp³-hybridized carbons (Fsp3) is 0.583. The average molecular weight is 308 g/mol. The number of nitrogens with one attached hydrogen (secondary N) is 1. The Hall–Kier alpha value is -1.01. The van der Waals surface area contributed by atoms with Crippen molar-refractivity contribution < 1.29 is 17.6 Å². The van der Waals surface area contributed by atoms with Gasteiger partial charge in [0.15, 0.2) is 5.76 Å². The van der Waals surface area contributed by atoms with Gasteiger partial charge in [-0.15, -0.1) is 0 Å². The number of halogens is 1. The number of hydrogen-bond acceptors (Lipinski definition) is 4. The number of rotatable bonds is 3. The molecule has 1 aromatic heterocycles. The molecule has 108 valence electrons. The number of amides is 1. The standard InChI is InChI=1S/C12H18ClNO4S/c1-7-10(19(13,16)17)6-9(18-7)11(15)14-8(2)12(3,4)5/h6,8H,1-5H3,(H,14,15). The lowest BCUT2D eigenvalue weighted by Crippen LogP contribution is -2.41. The van der Waals surface area contributed by atoms with Crippen LogP contribution in [-0.4, -0.2) is 20.4 Å². The van der Waals surface area contributed by atoms with E-state index in [9.17, 15) is 13.2 Å². The molecule has 0 spiro atoms. The van der Waals surface area contributed by atoms with E-state index >= 15 is 0 Å². The van der Waals surface area contributed by atoms with Gasteiger partial charge in [0.1, 0.15) is 10.7 Å². The molecule has 0 bridgehead atoms. The van der Waals surface area contributed by atoms with Gasteiger partial charge in [0.05, 0.1) is 0 Å². The van der Waals surface area contributed by atoms with Gasteiger partial charge in [-0.3, -0.25) is 4.79 Å². The summed E-state index contributed by atoms with van der Waals surface area (Å²) in [6.07, 6.45) is 0. The summed E-state index contributed by atoms with van der Waals surface area (Å²) in [5, 5.41) is 2.76. The van der Waals surface area contributed by atoms with Gasteiger partial charge in [0.2, 0.25) is 0 Å². The summed E-state index contributed by atoms with van der Waals surface area (Å²) in [7, 11) is 1.34. The summed E-state index contributed by atoms with van der Waals surface area (Å²) in [5.74, 6) is -0.423. The molecular formula is C12H18ClNO4S. The Morgan fingerprint density at radius 2 is 1.95 bits per heavy atom. The maximum atomic E-state index is 12.0. The molecule has 1 amide bonds. The van der Waals surface area contributed by atoms with Crippen molar-refractivity contribution in [1.82, 2.24) is 5.32 Å². The SMILES string of the molecule is Cc1oc(C(=O)NC(C)C(C)(C)C)cc1S(=O)(=O)Cl. The minimum Gasteiger partial charge on any atom is -0.455 e. The molecule has 0 radical (unpaired) electrons. The molecule has 0 aliphatic rings. The maximum Gasteiger partial charge on any atom is 0.287 e. The van der Waals surface area contributed by atoms with Crippen molar-refractivity contribution in [2.45, 2.75) is 45.6 Å². The Bertz CT molecular complexity index is 583. The highest BCUT2D eigenvalue weighted by atomic mass is 35.7. The van der Waals surface area contributed by atoms with E-state index in [1.54, 1.807) is 0 Å². The van der Waals surface area contributed by atoms with E-state index < -0.39 is 15.0 Å². The summed E-state index contributed by atoms with van der Waals surface area (Å²) in [5.41, 5.74) is -0.112. The molecule has 0 aliphatic heterocycles. The third-order valence-electron chi connectivity index (χ3n) is 3.01. The largest absolute Gasteiger partial charge is 0.455 e. The summed E-state index contributed by atoms with van der Waals surface area (Å²) >= 11 is 0. The van der Waals surface area contributed by atoms with Gasteiger partial charge in [0.25, 0.3) is 15.0 Å². The van der Waals surface area contributed by atoms with E-state index in [1.165, 1.54) is 6.92 Å². The van der Waals surface area contributed by atoms with E-state index in [0.717, 1.165) is 6.07 Å². The number of carbonyl (C=O) groups excluding carboxylic acids is 1. The summed E-state index contributed by atoms with van der Waals surface area (Å²) in [4.78, 5) is 11.8. The van der Waals surface area contributed by atoms with Crippen molar-refractivity contribution in [3.05, 3.63) is 17.6 Å². The second-order valence-electron chi connectivity index (χ2n) is 5.53. The molecule has 1 unspecified atom stereocenters. The highest BCUT2D eigenvalue weighted by Gasteiger charge is 2.26. The second-order valence-corrected chi connectivity index (χ2v) is 8.06. The van der Waals surface area contributed by atoms with Crippen LogP contribution in [0.3, 0.4) is 0 Å². The lowest BCUT2D eigenvalue weighted by molar-refractivity contribution is 0.0880. The van der Waals surface area contributed by atoms with Crippen molar-refractivity contribution in [2.75, 3.05) is 0 Å². The van der Waals surface area contributed by atoms with Crippen molar-refractivity contribution in [2.24, 2.45) is 5.41 Å². The fourth-order valence-corrected chi connectivity index (χ4v) is 2.40. The molecule has 5 nitrogen and oxygen atoms in total. The smallest absolute Gasteiger partial charge is 0.287 e. The van der Waals surface area contributed by atoms with Crippen LogP contribution in [0, 0.1) is 12.3 Å². The van der Waals surface area contributed by atoms with Gasteiger partial charge in [-0.05, 0) is 19.3 Å². The van der Waals surface area contributed by atoms with Crippen LogP contribution in [0.25, 0.3) is 0 Å². The van der Waals surface area contributed by atoms with Crippen molar-refractivity contribution in [3.8, 4) is 0 Å². The van der Waals surface area contributed by atoms with Gasteiger partial charge < -0.3 is 9.73 Å². The molecule has 1 aromatic rings. The maximum absolute atomic E-state index is 12.0. The quantitative estimate of drug-likeness (QED) is 0.871. The zero-order valence-corrected chi connectivity index (χ0v) is 13.1. The van der Waals surface area contributed by atoms with E-state index in [-0.39, 0.29) is 27.9 Å². The number of carbonyl (C=O) groups is 1. The first-order valence-electron chi connectivity index (χ1n) is 5.79. The van der Waals surface area contributed by atoms with Gasteiger partial charge in [-0.25, -0.2) is 8.42 Å². The van der Waals surface area contributed by atoms with E-state index in [2.05, 4.69) is 5.32 Å². The van der Waals surface area contributed by atoms with Gasteiger partial charge >= 0.3 is 0 Å². The van der Waals surface area contributed by atoms with E-state index in [0.29, 0.717) is 0 Å². The molecule has 1 N–H and O–H groups in total. The Kier molecular flexibility index (Phi) is 4.37. The first-order chi connectivity index (χ1) is 8.43. The Morgan fingerprint density at radius 3 is 2.32 bits per heavy atom. The predicted octanol–water partition coefficient (Wildman–Crippen LogP) is 2.68. The second kappa shape index (κ2) is 5.17. The fourth-order valence-electron chi connectivity index (χ4n) is 1.30. The summed E-state index contributed by atoms with van der Waals surface area (Å²) < 4.78 is 27.6. The first kappa shape index (κ1) is 16.0. The zero-order valence-electron chi connectivity index (χ0n) is 11.6. The monoisotopic (exact) mass is 307 g/mol. The Labute approximate surface area is 117 Å². The predicted molar refractivity (Wildman–Crippen MR) is 72.9 cm³/mol. The van der Waals surface area contributed by atoms with Gasteiger partial charge in [-0.2, -0.15) is 0 Å². The van der Waals surface area contributed by atoms with E-state index in [4.69, 9.17) is 15.1 Å². The topological polar surface area (TPSA) is 76.4 Å². The molecule has 0 saturated heterocycles. The van der Waals surface area contributed by atoms with Crippen LogP contribution in [0.2, 0.25) is 0 Å². The molecule has 1 heterocycles. The van der Waals surface area contributed by atoms with Gasteiger partial charge in [-0.1, -0.05) is 20.8 Å². The number of hydrogen-bond donors (Lipinski definition) is 1. The summed E-state index contributed by atoms with van der Waals surface area (Å²) in [6.45, 7) is 9.27. The van der Waals surface area contributed by atoms with Crippen LogP contribution in [0.15, 0.2) is 15.4 Å². The molecular weight excluding hydrogens is 290 g/mol. The molecule has 19 heavy (non-hydrogen) atoms. The highest BCUT2D eigenvalue weighted by molar-refractivity contribution is 8.13. The van der Waals surface area contributed by atoms with Crippen LogP contribution in [0.4, 0.5) is 0 Å². The highest BCUT2D eigenvalue weighted by Crippen LogP contribution is 2.24. The average Bonchev–Trinajstić information content (AvgIpc) is 2.58. The minimum atomic E-state index is -3.90. The molecule has 0 aliphatic carbocycles. The van der Waals surface area contributed by atoms with Crippen molar-refractivity contribution in [3.63, 3.8) is 0 Å². The van der Waals surface area contributed by atoms with Crippen LogP contribution in [-0.2, 0) is 9.05 Å².